The maximum atomic E-state index is 5.33. The van der Waals surface area contributed by atoms with Crippen molar-refractivity contribution in [1.29, 1.82) is 0 Å². The molecule has 4 atom stereocenters. The van der Waals surface area contributed by atoms with Gasteiger partial charge in [0.05, 0.1) is 19.4 Å². The lowest BCUT2D eigenvalue weighted by Crippen LogP contribution is -2.53. The van der Waals surface area contributed by atoms with Crippen molar-refractivity contribution in [2.75, 3.05) is 26.7 Å². The van der Waals surface area contributed by atoms with Crippen molar-refractivity contribution in [3.05, 3.63) is 65.2 Å². The zero-order chi connectivity index (χ0) is 20.3. The fraction of sp³-hybridized carbons (Fsp3) is 0.520. The van der Waals surface area contributed by atoms with Gasteiger partial charge in [0.2, 0.25) is 0 Å². The molecule has 5 rings (SSSR count). The molecule has 2 aromatic rings. The van der Waals surface area contributed by atoms with E-state index < -0.39 is 0 Å². The second kappa shape index (κ2) is 9.06. The number of ether oxygens (including phenoxy) is 1. The summed E-state index contributed by atoms with van der Waals surface area (Å²) in [4.78, 5) is 2.59. The Kier molecular flexibility index (Phi) is 6.05. The highest BCUT2D eigenvalue weighted by molar-refractivity contribution is 5.32. The van der Waals surface area contributed by atoms with Crippen molar-refractivity contribution in [2.45, 2.75) is 56.5 Å². The molecule has 5 nitrogen and oxygen atoms in total. The van der Waals surface area contributed by atoms with E-state index in [4.69, 9.17) is 4.74 Å². The predicted octanol–water partition coefficient (Wildman–Crippen LogP) is 3.34. The van der Waals surface area contributed by atoms with Gasteiger partial charge in [0.1, 0.15) is 5.75 Å². The molecule has 3 fully saturated rings. The number of piperidine rings is 2. The van der Waals surface area contributed by atoms with Gasteiger partial charge in [-0.1, -0.05) is 42.8 Å². The van der Waals surface area contributed by atoms with Crippen molar-refractivity contribution >= 4 is 0 Å². The number of rotatable bonds is 5. The van der Waals surface area contributed by atoms with E-state index in [0.717, 1.165) is 25.3 Å². The third-order valence-corrected chi connectivity index (χ3v) is 7.03. The quantitative estimate of drug-likeness (QED) is 0.711. The summed E-state index contributed by atoms with van der Waals surface area (Å²) in [6.45, 7) is 4.61. The van der Waals surface area contributed by atoms with E-state index in [1.807, 2.05) is 0 Å². The molecule has 0 amide bonds. The Hall–Kier alpha value is -1.92. The van der Waals surface area contributed by atoms with Crippen LogP contribution in [0.5, 0.6) is 5.75 Å². The molecule has 30 heavy (non-hydrogen) atoms. The van der Waals surface area contributed by atoms with Gasteiger partial charge in [-0.05, 0) is 67.7 Å². The summed E-state index contributed by atoms with van der Waals surface area (Å²) >= 11 is 0. The topological polar surface area (TPSA) is 48.6 Å². The van der Waals surface area contributed by atoms with Gasteiger partial charge in [-0.2, -0.15) is 0 Å². The minimum atomic E-state index is 0.190. The number of nitrogens with one attached hydrogen (secondary N) is 3. The third kappa shape index (κ3) is 4.26. The number of nitrogens with zero attached hydrogens (tertiary/aromatic N) is 1. The molecule has 5 heteroatoms. The van der Waals surface area contributed by atoms with Gasteiger partial charge < -0.3 is 10.1 Å². The van der Waals surface area contributed by atoms with Gasteiger partial charge in [0.25, 0.3) is 0 Å². The fourth-order valence-electron chi connectivity index (χ4n) is 5.34. The van der Waals surface area contributed by atoms with Crippen molar-refractivity contribution in [1.82, 2.24) is 20.9 Å². The zero-order valence-electron chi connectivity index (χ0n) is 17.9. The van der Waals surface area contributed by atoms with E-state index in [0.29, 0.717) is 18.1 Å². The van der Waals surface area contributed by atoms with Gasteiger partial charge in [0.15, 0.2) is 0 Å². The lowest BCUT2D eigenvalue weighted by molar-refractivity contribution is 0.221. The molecule has 3 aliphatic heterocycles. The number of benzene rings is 2. The lowest BCUT2D eigenvalue weighted by atomic mass is 9.85. The van der Waals surface area contributed by atoms with E-state index in [2.05, 4.69) is 69.4 Å². The zero-order valence-corrected chi connectivity index (χ0v) is 17.9. The first-order valence-corrected chi connectivity index (χ1v) is 11.5. The molecule has 3 aliphatic rings. The number of fused-ring (bicyclic) bond motifs is 1. The van der Waals surface area contributed by atoms with Crippen LogP contribution in [0.25, 0.3) is 0 Å². The molecule has 2 aromatic carbocycles. The summed E-state index contributed by atoms with van der Waals surface area (Å²) in [7, 11) is 1.72. The molecule has 3 N–H and O–H groups in total. The molecule has 0 spiro atoms. The third-order valence-electron chi connectivity index (χ3n) is 7.03. The summed E-state index contributed by atoms with van der Waals surface area (Å²) in [5.74, 6) is 1.42. The van der Waals surface area contributed by atoms with Crippen LogP contribution in [0.1, 0.15) is 54.5 Å². The largest absolute Gasteiger partial charge is 0.497 e. The monoisotopic (exact) mass is 406 g/mol. The molecule has 0 aliphatic carbocycles. The Morgan fingerprint density at radius 3 is 2.37 bits per heavy atom. The number of hydrogen-bond acceptors (Lipinski definition) is 5. The van der Waals surface area contributed by atoms with Gasteiger partial charge in [-0.15, -0.1) is 0 Å². The molecular formula is C25H34N4O. The Balaban J connectivity index is 1.25. The minimum absolute atomic E-state index is 0.190. The Morgan fingerprint density at radius 1 is 0.900 bits per heavy atom. The van der Waals surface area contributed by atoms with Crippen LogP contribution in [0.15, 0.2) is 48.5 Å². The first kappa shape index (κ1) is 20.0. The van der Waals surface area contributed by atoms with Crippen LogP contribution in [0.4, 0.5) is 0 Å². The van der Waals surface area contributed by atoms with Gasteiger partial charge in [-0.25, -0.2) is 0 Å². The van der Waals surface area contributed by atoms with Crippen LogP contribution in [-0.4, -0.2) is 43.9 Å². The highest BCUT2D eigenvalue weighted by atomic mass is 16.5. The maximum absolute atomic E-state index is 5.33. The van der Waals surface area contributed by atoms with Crippen molar-refractivity contribution in [2.24, 2.45) is 0 Å². The molecular weight excluding hydrogens is 372 g/mol. The van der Waals surface area contributed by atoms with Crippen LogP contribution >= 0.6 is 0 Å². The normalized spacial score (nSPS) is 29.5. The molecule has 0 saturated carbocycles. The Morgan fingerprint density at radius 2 is 1.63 bits per heavy atom. The summed E-state index contributed by atoms with van der Waals surface area (Å²) in [6, 6.07) is 18.2. The summed E-state index contributed by atoms with van der Waals surface area (Å²) < 4.78 is 5.33. The molecule has 160 valence electrons. The molecule has 0 radical (unpaired) electrons. The SMILES string of the molecule is COc1ccc(C2CCNC3NC(c4ccc(CN5CCCCC5)cc4)NC32)cc1. The van der Waals surface area contributed by atoms with Gasteiger partial charge in [0, 0.05) is 18.5 Å². The van der Waals surface area contributed by atoms with E-state index in [9.17, 15) is 0 Å². The molecule has 0 aromatic heterocycles. The molecule has 3 saturated heterocycles. The first-order chi connectivity index (χ1) is 14.8. The number of likely N-dealkylation sites (tertiary alicyclic amines) is 1. The highest BCUT2D eigenvalue weighted by Gasteiger charge is 2.41. The second-order valence-electron chi connectivity index (χ2n) is 8.97. The van der Waals surface area contributed by atoms with Crippen LogP contribution < -0.4 is 20.7 Å². The number of hydrogen-bond donors (Lipinski definition) is 3. The van der Waals surface area contributed by atoms with E-state index >= 15 is 0 Å². The van der Waals surface area contributed by atoms with Crippen molar-refractivity contribution < 1.29 is 4.74 Å². The standard InChI is InChI=1S/C25H34N4O/c1-30-21-11-9-19(10-12-21)22-13-14-26-25-23(22)27-24(28-25)20-7-5-18(6-8-20)17-29-15-3-2-4-16-29/h5-12,22-28H,2-4,13-17H2,1H3. The first-order valence-electron chi connectivity index (χ1n) is 11.5. The van der Waals surface area contributed by atoms with Crippen molar-refractivity contribution in [3.8, 4) is 5.75 Å². The van der Waals surface area contributed by atoms with Crippen molar-refractivity contribution in [3.63, 3.8) is 0 Å². The summed E-state index contributed by atoms with van der Waals surface area (Å²) in [6.07, 6.45) is 5.71. The predicted molar refractivity (Wildman–Crippen MR) is 121 cm³/mol. The van der Waals surface area contributed by atoms with Gasteiger partial charge in [-0.3, -0.25) is 15.5 Å². The Labute approximate surface area is 180 Å². The summed E-state index contributed by atoms with van der Waals surface area (Å²) in [5, 5.41) is 11.3. The minimum Gasteiger partial charge on any atom is -0.497 e. The van der Waals surface area contributed by atoms with Crippen LogP contribution in [0, 0.1) is 0 Å². The van der Waals surface area contributed by atoms with E-state index in [1.165, 1.54) is 49.0 Å². The molecule has 3 heterocycles. The van der Waals surface area contributed by atoms with Crippen LogP contribution in [-0.2, 0) is 6.54 Å². The summed E-state index contributed by atoms with van der Waals surface area (Å²) in [5.41, 5.74) is 4.13. The van der Waals surface area contributed by atoms with E-state index in [1.54, 1.807) is 7.11 Å². The number of methoxy groups -OCH3 is 1. The lowest BCUT2D eigenvalue weighted by Gasteiger charge is -2.34. The smallest absolute Gasteiger partial charge is 0.118 e. The fourth-order valence-corrected chi connectivity index (χ4v) is 5.34. The molecule has 4 unspecified atom stereocenters. The van der Waals surface area contributed by atoms with Gasteiger partial charge >= 0.3 is 0 Å². The Bertz CT molecular complexity index is 816. The second-order valence-corrected chi connectivity index (χ2v) is 8.97. The maximum Gasteiger partial charge on any atom is 0.118 e. The molecule has 0 bridgehead atoms. The highest BCUT2D eigenvalue weighted by Crippen LogP contribution is 2.33. The van der Waals surface area contributed by atoms with Crippen LogP contribution in [0.2, 0.25) is 0 Å². The average molecular weight is 407 g/mol. The van der Waals surface area contributed by atoms with Crippen LogP contribution in [0.3, 0.4) is 0 Å². The van der Waals surface area contributed by atoms with E-state index in [-0.39, 0.29) is 6.17 Å². The average Bonchev–Trinajstić information content (AvgIpc) is 3.25.